The number of ether oxygens (including phenoxy) is 1. The van der Waals surface area contributed by atoms with Crippen LogP contribution < -0.4 is 26.3 Å². The largest absolute Gasteiger partial charge is 0.427 e. The standard InChI is InChI=1S/C21H23N3O5/c1-13(25)28-15-4-6-17-16-5-3-14(11-18(16)21(27)29-19(17)12-15)20(26)24-10-9-23-8-7-22-2/h3-6,11-12,22-23H,7-10H2,1-2H3,(H,24,26). The van der Waals surface area contributed by atoms with Gasteiger partial charge in [-0.05, 0) is 36.7 Å². The van der Waals surface area contributed by atoms with Crippen LogP contribution in [0, 0.1) is 0 Å². The van der Waals surface area contributed by atoms with Crippen molar-refractivity contribution in [3.63, 3.8) is 0 Å². The van der Waals surface area contributed by atoms with Crippen molar-refractivity contribution in [2.24, 2.45) is 0 Å². The van der Waals surface area contributed by atoms with E-state index in [1.54, 1.807) is 24.3 Å². The van der Waals surface area contributed by atoms with Crippen LogP contribution in [-0.4, -0.2) is 45.1 Å². The number of esters is 1. The lowest BCUT2D eigenvalue weighted by Crippen LogP contribution is -2.34. The molecule has 3 aromatic rings. The van der Waals surface area contributed by atoms with Crippen LogP contribution in [0.2, 0.25) is 0 Å². The molecule has 1 amide bonds. The van der Waals surface area contributed by atoms with Crippen molar-refractivity contribution in [3.8, 4) is 5.75 Å². The molecule has 0 bridgehead atoms. The Balaban J connectivity index is 1.81. The Morgan fingerprint density at radius 2 is 1.72 bits per heavy atom. The van der Waals surface area contributed by atoms with Crippen molar-refractivity contribution in [3.05, 3.63) is 52.4 Å². The summed E-state index contributed by atoms with van der Waals surface area (Å²) in [6.07, 6.45) is 0. The van der Waals surface area contributed by atoms with Crippen LogP contribution >= 0.6 is 0 Å². The van der Waals surface area contributed by atoms with E-state index < -0.39 is 11.6 Å². The summed E-state index contributed by atoms with van der Waals surface area (Å²) in [5.41, 5.74) is 0.137. The van der Waals surface area contributed by atoms with E-state index in [-0.39, 0.29) is 5.91 Å². The Kier molecular flexibility index (Phi) is 6.58. The van der Waals surface area contributed by atoms with Crippen molar-refractivity contribution >= 4 is 33.6 Å². The van der Waals surface area contributed by atoms with E-state index in [1.807, 2.05) is 7.05 Å². The quantitative estimate of drug-likeness (QED) is 0.173. The number of amides is 1. The van der Waals surface area contributed by atoms with Gasteiger partial charge in [-0.3, -0.25) is 9.59 Å². The third-order valence-corrected chi connectivity index (χ3v) is 4.35. The highest BCUT2D eigenvalue weighted by molar-refractivity contribution is 6.07. The van der Waals surface area contributed by atoms with Gasteiger partial charge in [0.1, 0.15) is 11.3 Å². The lowest BCUT2D eigenvalue weighted by atomic mass is 10.0. The summed E-state index contributed by atoms with van der Waals surface area (Å²) in [6.45, 7) is 4.09. The molecule has 8 nitrogen and oxygen atoms in total. The molecular weight excluding hydrogens is 374 g/mol. The monoisotopic (exact) mass is 397 g/mol. The topological polar surface area (TPSA) is 110 Å². The first-order valence-electron chi connectivity index (χ1n) is 9.32. The second-order valence-electron chi connectivity index (χ2n) is 6.51. The van der Waals surface area contributed by atoms with E-state index in [0.29, 0.717) is 46.1 Å². The molecule has 0 aliphatic rings. The van der Waals surface area contributed by atoms with E-state index in [9.17, 15) is 14.4 Å². The maximum absolute atomic E-state index is 12.4. The van der Waals surface area contributed by atoms with Crippen LogP contribution in [0.1, 0.15) is 17.3 Å². The summed E-state index contributed by atoms with van der Waals surface area (Å²) in [6, 6.07) is 9.77. The number of nitrogens with one attached hydrogen (secondary N) is 3. The van der Waals surface area contributed by atoms with Gasteiger partial charge < -0.3 is 25.1 Å². The fourth-order valence-electron chi connectivity index (χ4n) is 2.99. The summed E-state index contributed by atoms with van der Waals surface area (Å²) in [5, 5.41) is 10.7. The van der Waals surface area contributed by atoms with Crippen molar-refractivity contribution in [1.82, 2.24) is 16.0 Å². The van der Waals surface area contributed by atoms with Gasteiger partial charge in [-0.15, -0.1) is 0 Å². The molecule has 0 unspecified atom stereocenters. The Morgan fingerprint density at radius 1 is 0.966 bits per heavy atom. The highest BCUT2D eigenvalue weighted by Crippen LogP contribution is 2.27. The average molecular weight is 397 g/mol. The van der Waals surface area contributed by atoms with Gasteiger partial charge in [0.05, 0.1) is 5.39 Å². The minimum absolute atomic E-state index is 0.257. The Morgan fingerprint density at radius 3 is 2.48 bits per heavy atom. The third-order valence-electron chi connectivity index (χ3n) is 4.35. The third kappa shape index (κ3) is 4.98. The van der Waals surface area contributed by atoms with Gasteiger partial charge in [-0.1, -0.05) is 6.07 Å². The molecule has 0 radical (unpaired) electrons. The molecule has 0 atom stereocenters. The second-order valence-corrected chi connectivity index (χ2v) is 6.51. The zero-order valence-electron chi connectivity index (χ0n) is 16.3. The van der Waals surface area contributed by atoms with E-state index >= 15 is 0 Å². The summed E-state index contributed by atoms with van der Waals surface area (Å²) < 4.78 is 10.4. The first-order valence-corrected chi connectivity index (χ1v) is 9.32. The van der Waals surface area contributed by atoms with E-state index in [2.05, 4.69) is 16.0 Å². The molecule has 8 heteroatoms. The van der Waals surface area contributed by atoms with E-state index in [0.717, 1.165) is 13.1 Å². The molecular formula is C21H23N3O5. The summed E-state index contributed by atoms with van der Waals surface area (Å²) in [7, 11) is 1.88. The molecule has 3 N–H and O–H groups in total. The fraction of sp³-hybridized carbons (Fsp3) is 0.286. The summed E-state index contributed by atoms with van der Waals surface area (Å²) in [4.78, 5) is 35.9. The number of carbonyl (C=O) groups is 2. The van der Waals surface area contributed by atoms with Gasteiger partial charge in [0.25, 0.3) is 5.91 Å². The summed E-state index contributed by atoms with van der Waals surface area (Å²) in [5.74, 6) is -0.417. The second kappa shape index (κ2) is 9.31. The molecule has 0 aliphatic heterocycles. The Hall–Kier alpha value is -3.23. The molecule has 29 heavy (non-hydrogen) atoms. The Bertz CT molecular complexity index is 1110. The van der Waals surface area contributed by atoms with E-state index in [1.165, 1.54) is 19.1 Å². The summed E-state index contributed by atoms with van der Waals surface area (Å²) >= 11 is 0. The van der Waals surface area contributed by atoms with Crippen molar-refractivity contribution in [2.45, 2.75) is 6.92 Å². The lowest BCUT2D eigenvalue weighted by molar-refractivity contribution is -0.131. The highest BCUT2D eigenvalue weighted by Gasteiger charge is 2.12. The first kappa shape index (κ1) is 20.5. The molecule has 0 saturated heterocycles. The maximum Gasteiger partial charge on any atom is 0.344 e. The van der Waals surface area contributed by atoms with Gasteiger partial charge >= 0.3 is 11.6 Å². The van der Waals surface area contributed by atoms with Gasteiger partial charge in [0, 0.05) is 50.1 Å². The molecule has 152 valence electrons. The van der Waals surface area contributed by atoms with Crippen LogP contribution in [0.25, 0.3) is 21.7 Å². The predicted molar refractivity (Wildman–Crippen MR) is 110 cm³/mol. The zero-order valence-corrected chi connectivity index (χ0v) is 16.3. The number of carbonyl (C=O) groups excluding carboxylic acids is 2. The van der Waals surface area contributed by atoms with Gasteiger partial charge in [0.2, 0.25) is 0 Å². The van der Waals surface area contributed by atoms with Crippen molar-refractivity contribution in [2.75, 3.05) is 33.2 Å². The van der Waals surface area contributed by atoms with Crippen LogP contribution in [0.15, 0.2) is 45.6 Å². The zero-order chi connectivity index (χ0) is 20.8. The first-order chi connectivity index (χ1) is 14.0. The fourth-order valence-corrected chi connectivity index (χ4v) is 2.99. The maximum atomic E-state index is 12.4. The lowest BCUT2D eigenvalue weighted by Gasteiger charge is -2.08. The average Bonchev–Trinajstić information content (AvgIpc) is 2.69. The minimum Gasteiger partial charge on any atom is -0.427 e. The number of hydrogen-bond donors (Lipinski definition) is 3. The molecule has 0 fully saturated rings. The molecule has 2 aromatic carbocycles. The molecule has 0 saturated carbocycles. The van der Waals surface area contributed by atoms with Crippen LogP contribution in [-0.2, 0) is 4.79 Å². The number of likely N-dealkylation sites (N-methyl/N-ethyl adjacent to an activating group) is 1. The van der Waals surface area contributed by atoms with Crippen LogP contribution in [0.4, 0.5) is 0 Å². The SMILES string of the molecule is CNCCNCCNC(=O)c1ccc2c(c1)c(=O)oc1cc(OC(C)=O)ccc12. The van der Waals surface area contributed by atoms with Crippen molar-refractivity contribution < 1.29 is 18.7 Å². The minimum atomic E-state index is -0.559. The number of rotatable bonds is 8. The van der Waals surface area contributed by atoms with Gasteiger partial charge in [-0.25, -0.2) is 4.79 Å². The van der Waals surface area contributed by atoms with Crippen LogP contribution in [0.5, 0.6) is 5.75 Å². The molecule has 0 spiro atoms. The highest BCUT2D eigenvalue weighted by atomic mass is 16.5. The normalized spacial score (nSPS) is 11.0. The number of hydrogen-bond acceptors (Lipinski definition) is 7. The predicted octanol–water partition coefficient (Wildman–Crippen LogP) is 1.41. The molecule has 1 heterocycles. The molecule has 0 aliphatic carbocycles. The number of benzene rings is 2. The Labute approximate surface area is 167 Å². The number of fused-ring (bicyclic) bond motifs is 3. The van der Waals surface area contributed by atoms with Gasteiger partial charge in [-0.2, -0.15) is 0 Å². The molecule has 3 rings (SSSR count). The van der Waals surface area contributed by atoms with Crippen LogP contribution in [0.3, 0.4) is 0 Å². The smallest absolute Gasteiger partial charge is 0.344 e. The molecule has 1 aromatic heterocycles. The van der Waals surface area contributed by atoms with E-state index in [4.69, 9.17) is 9.15 Å². The van der Waals surface area contributed by atoms with Gasteiger partial charge in [0.15, 0.2) is 0 Å². The van der Waals surface area contributed by atoms with Crippen molar-refractivity contribution in [1.29, 1.82) is 0 Å².